The SMILES string of the molecule is CC(Cc1ccccc1)NC(=O)N[C@H](C)C(=O)O. The van der Waals surface area contributed by atoms with Gasteiger partial charge in [0.2, 0.25) is 0 Å². The van der Waals surface area contributed by atoms with E-state index < -0.39 is 18.0 Å². The van der Waals surface area contributed by atoms with Gasteiger partial charge in [-0.2, -0.15) is 0 Å². The number of carbonyl (C=O) groups is 2. The molecule has 0 spiro atoms. The van der Waals surface area contributed by atoms with Gasteiger partial charge in [-0.1, -0.05) is 30.3 Å². The van der Waals surface area contributed by atoms with Crippen molar-refractivity contribution in [2.24, 2.45) is 0 Å². The highest BCUT2D eigenvalue weighted by Crippen LogP contribution is 2.02. The normalized spacial score (nSPS) is 13.4. The van der Waals surface area contributed by atoms with E-state index in [-0.39, 0.29) is 6.04 Å². The van der Waals surface area contributed by atoms with Gasteiger partial charge in [-0.25, -0.2) is 4.79 Å². The molecule has 0 aliphatic rings. The number of benzene rings is 1. The lowest BCUT2D eigenvalue weighted by atomic mass is 10.1. The summed E-state index contributed by atoms with van der Waals surface area (Å²) in [7, 11) is 0. The molecule has 2 atom stereocenters. The number of amides is 2. The van der Waals surface area contributed by atoms with Gasteiger partial charge in [-0.15, -0.1) is 0 Å². The Bertz CT molecular complexity index is 406. The van der Waals surface area contributed by atoms with Gasteiger partial charge >= 0.3 is 12.0 Å². The molecule has 0 heterocycles. The maximum absolute atomic E-state index is 11.5. The van der Waals surface area contributed by atoms with Crippen LogP contribution in [0.2, 0.25) is 0 Å². The van der Waals surface area contributed by atoms with E-state index in [4.69, 9.17) is 5.11 Å². The van der Waals surface area contributed by atoms with Crippen molar-refractivity contribution >= 4 is 12.0 Å². The van der Waals surface area contributed by atoms with E-state index in [1.54, 1.807) is 0 Å². The summed E-state index contributed by atoms with van der Waals surface area (Å²) in [5.41, 5.74) is 1.12. The molecule has 2 amide bonds. The predicted octanol–water partition coefficient (Wildman–Crippen LogP) is 1.39. The van der Waals surface area contributed by atoms with Crippen molar-refractivity contribution in [3.8, 4) is 0 Å². The fourth-order valence-electron chi connectivity index (χ4n) is 1.54. The maximum atomic E-state index is 11.5. The van der Waals surface area contributed by atoms with Crippen LogP contribution >= 0.6 is 0 Å². The number of hydrogen-bond acceptors (Lipinski definition) is 2. The van der Waals surface area contributed by atoms with E-state index in [0.29, 0.717) is 6.42 Å². The molecule has 5 nitrogen and oxygen atoms in total. The molecule has 0 bridgehead atoms. The van der Waals surface area contributed by atoms with Gasteiger partial charge in [0.25, 0.3) is 0 Å². The molecule has 0 fully saturated rings. The largest absolute Gasteiger partial charge is 0.480 e. The summed E-state index contributed by atoms with van der Waals surface area (Å²) >= 11 is 0. The Morgan fingerprint density at radius 2 is 1.78 bits per heavy atom. The van der Waals surface area contributed by atoms with Crippen LogP contribution in [0.3, 0.4) is 0 Å². The Morgan fingerprint density at radius 1 is 1.17 bits per heavy atom. The molecule has 0 radical (unpaired) electrons. The van der Waals surface area contributed by atoms with Crippen LogP contribution in [-0.4, -0.2) is 29.2 Å². The van der Waals surface area contributed by atoms with Crippen LogP contribution < -0.4 is 10.6 Å². The van der Waals surface area contributed by atoms with E-state index in [1.165, 1.54) is 6.92 Å². The molecule has 1 aromatic carbocycles. The first-order valence-corrected chi connectivity index (χ1v) is 5.83. The average Bonchev–Trinajstić information content (AvgIpc) is 2.29. The second-order valence-electron chi connectivity index (χ2n) is 4.27. The van der Waals surface area contributed by atoms with E-state index in [2.05, 4.69) is 10.6 Å². The first-order chi connectivity index (χ1) is 8.49. The van der Waals surface area contributed by atoms with Crippen molar-refractivity contribution in [1.82, 2.24) is 10.6 Å². The monoisotopic (exact) mass is 250 g/mol. The molecule has 0 aromatic heterocycles. The second kappa shape index (κ2) is 6.64. The fourth-order valence-corrected chi connectivity index (χ4v) is 1.54. The molecule has 0 saturated heterocycles. The lowest BCUT2D eigenvalue weighted by Crippen LogP contribution is -2.47. The van der Waals surface area contributed by atoms with Crippen molar-refractivity contribution in [1.29, 1.82) is 0 Å². The van der Waals surface area contributed by atoms with E-state index in [9.17, 15) is 9.59 Å². The summed E-state index contributed by atoms with van der Waals surface area (Å²) in [6, 6.07) is 8.36. The summed E-state index contributed by atoms with van der Waals surface area (Å²) in [6.45, 7) is 3.29. The van der Waals surface area contributed by atoms with Crippen molar-refractivity contribution in [2.45, 2.75) is 32.4 Å². The van der Waals surface area contributed by atoms with Gasteiger partial charge in [0.15, 0.2) is 0 Å². The van der Waals surface area contributed by atoms with E-state index in [0.717, 1.165) is 5.56 Å². The average molecular weight is 250 g/mol. The number of aliphatic carboxylic acids is 1. The van der Waals surface area contributed by atoms with Gasteiger partial charge < -0.3 is 15.7 Å². The van der Waals surface area contributed by atoms with E-state index in [1.807, 2.05) is 37.3 Å². The van der Waals surface area contributed by atoms with Crippen LogP contribution in [0.1, 0.15) is 19.4 Å². The summed E-state index contributed by atoms with van der Waals surface area (Å²) in [4.78, 5) is 22.0. The lowest BCUT2D eigenvalue weighted by molar-refractivity contribution is -0.138. The van der Waals surface area contributed by atoms with Gasteiger partial charge in [-0.05, 0) is 25.8 Å². The van der Waals surface area contributed by atoms with Gasteiger partial charge in [0.1, 0.15) is 6.04 Å². The molecule has 0 aliphatic carbocycles. The summed E-state index contributed by atoms with van der Waals surface area (Å²) in [5, 5.41) is 13.7. The number of carboxylic acid groups (broad SMARTS) is 1. The minimum Gasteiger partial charge on any atom is -0.480 e. The zero-order valence-electron chi connectivity index (χ0n) is 10.5. The zero-order chi connectivity index (χ0) is 13.5. The predicted molar refractivity (Wildman–Crippen MR) is 68.4 cm³/mol. The molecule has 0 saturated carbocycles. The minimum atomic E-state index is -1.05. The number of hydrogen-bond donors (Lipinski definition) is 3. The fraction of sp³-hybridized carbons (Fsp3) is 0.385. The topological polar surface area (TPSA) is 78.4 Å². The molecule has 5 heteroatoms. The Balaban J connectivity index is 2.38. The molecule has 1 unspecified atom stereocenters. The third-order valence-electron chi connectivity index (χ3n) is 2.48. The number of carbonyl (C=O) groups excluding carboxylic acids is 1. The van der Waals surface area contributed by atoms with Gasteiger partial charge in [-0.3, -0.25) is 4.79 Å². The Morgan fingerprint density at radius 3 is 2.33 bits per heavy atom. The molecule has 1 aromatic rings. The molecular formula is C13H18N2O3. The number of urea groups is 1. The standard InChI is InChI=1S/C13H18N2O3/c1-9(8-11-6-4-3-5-7-11)14-13(18)15-10(2)12(16)17/h3-7,9-10H,8H2,1-2H3,(H,16,17)(H2,14,15,18)/t9?,10-/m1/s1. The van der Waals surface area contributed by atoms with Crippen LogP contribution in [0.25, 0.3) is 0 Å². The van der Waals surface area contributed by atoms with Crippen molar-refractivity contribution in [3.63, 3.8) is 0 Å². The van der Waals surface area contributed by atoms with Crippen molar-refractivity contribution in [3.05, 3.63) is 35.9 Å². The Hall–Kier alpha value is -2.04. The van der Waals surface area contributed by atoms with Gasteiger partial charge in [0.05, 0.1) is 0 Å². The Labute approximate surface area is 106 Å². The highest BCUT2D eigenvalue weighted by atomic mass is 16.4. The molecule has 3 N–H and O–H groups in total. The zero-order valence-corrected chi connectivity index (χ0v) is 10.5. The summed E-state index contributed by atoms with van der Waals surface area (Å²) in [6.07, 6.45) is 0.704. The summed E-state index contributed by atoms with van der Waals surface area (Å²) in [5.74, 6) is -1.05. The van der Waals surface area contributed by atoms with Crippen LogP contribution in [0, 0.1) is 0 Å². The quantitative estimate of drug-likeness (QED) is 0.739. The van der Waals surface area contributed by atoms with Crippen LogP contribution in [0.15, 0.2) is 30.3 Å². The first kappa shape index (κ1) is 14.0. The highest BCUT2D eigenvalue weighted by molar-refractivity contribution is 5.82. The molecular weight excluding hydrogens is 232 g/mol. The Kier molecular flexibility index (Phi) is 5.17. The first-order valence-electron chi connectivity index (χ1n) is 5.83. The maximum Gasteiger partial charge on any atom is 0.325 e. The smallest absolute Gasteiger partial charge is 0.325 e. The third kappa shape index (κ3) is 4.86. The minimum absolute atomic E-state index is 0.0617. The van der Waals surface area contributed by atoms with Crippen molar-refractivity contribution in [2.75, 3.05) is 0 Å². The third-order valence-corrected chi connectivity index (χ3v) is 2.48. The summed E-state index contributed by atoms with van der Waals surface area (Å²) < 4.78 is 0. The molecule has 98 valence electrons. The number of carboxylic acids is 1. The number of rotatable bonds is 5. The van der Waals surface area contributed by atoms with E-state index >= 15 is 0 Å². The molecule has 0 aliphatic heterocycles. The molecule has 1 rings (SSSR count). The van der Waals surface area contributed by atoms with Gasteiger partial charge in [0, 0.05) is 6.04 Å². The van der Waals surface area contributed by atoms with Crippen LogP contribution in [0.4, 0.5) is 4.79 Å². The lowest BCUT2D eigenvalue weighted by Gasteiger charge is -2.16. The molecule has 18 heavy (non-hydrogen) atoms. The number of nitrogens with one attached hydrogen (secondary N) is 2. The van der Waals surface area contributed by atoms with Crippen LogP contribution in [0.5, 0.6) is 0 Å². The van der Waals surface area contributed by atoms with Crippen LogP contribution in [-0.2, 0) is 11.2 Å². The highest BCUT2D eigenvalue weighted by Gasteiger charge is 2.15. The van der Waals surface area contributed by atoms with Crippen molar-refractivity contribution < 1.29 is 14.7 Å². The second-order valence-corrected chi connectivity index (χ2v) is 4.27.